The molecule has 74 heavy (non-hydrogen) atoms. The number of nitrogens with one attached hydrogen (secondary N) is 2. The quantitative estimate of drug-likeness (QED) is 0.0379. The third-order valence-corrected chi connectivity index (χ3v) is 20.8. The SMILES string of the molecule is CCCCCCCCCCCCC(CCCCCCCCCC)CNC(=O)C1=c2cc(Br)c(Br)cc2=C(C(=O)O)C(Br)(C(=O)O)C1(Br)C(=O)NCC(CCCCCCCCCC)CCCCCCCCCCCC. The number of fused-ring (bicyclic) bond motifs is 1. The topological polar surface area (TPSA) is 133 Å². The second-order valence-corrected chi connectivity index (χ2v) is 26.2. The molecule has 2 rings (SSSR count). The summed E-state index contributed by atoms with van der Waals surface area (Å²) in [7, 11) is 0. The van der Waals surface area contributed by atoms with E-state index in [-0.39, 0.29) is 34.4 Å². The lowest BCUT2D eigenvalue weighted by molar-refractivity contribution is -0.142. The predicted molar refractivity (Wildman–Crippen MR) is 327 cm³/mol. The Labute approximate surface area is 484 Å². The summed E-state index contributed by atoms with van der Waals surface area (Å²) in [5.74, 6) is -4.10. The molecule has 0 saturated carbocycles. The van der Waals surface area contributed by atoms with Crippen molar-refractivity contribution < 1.29 is 29.4 Å². The number of alkyl halides is 2. The minimum Gasteiger partial charge on any atom is -0.480 e. The van der Waals surface area contributed by atoms with Gasteiger partial charge in [-0.3, -0.25) is 14.4 Å². The van der Waals surface area contributed by atoms with E-state index in [0.29, 0.717) is 15.5 Å². The minimum absolute atomic E-state index is 0.0502. The first-order valence-electron chi connectivity index (χ1n) is 30.4. The van der Waals surface area contributed by atoms with Gasteiger partial charge in [0.25, 0.3) is 0 Å². The summed E-state index contributed by atoms with van der Waals surface area (Å²) in [4.78, 5) is 57.8. The molecule has 1 aromatic carbocycles. The van der Waals surface area contributed by atoms with Crippen LogP contribution in [0.3, 0.4) is 0 Å². The number of carbonyl (C=O) groups is 4. The molecule has 0 fully saturated rings. The van der Waals surface area contributed by atoms with Crippen LogP contribution in [-0.4, -0.2) is 55.7 Å². The summed E-state index contributed by atoms with van der Waals surface area (Å²) in [6.07, 6.45) is 47.9. The maximum Gasteiger partial charge on any atom is 0.334 e. The highest BCUT2D eigenvalue weighted by molar-refractivity contribution is 9.13. The fourth-order valence-electron chi connectivity index (χ4n) is 11.1. The molecule has 0 radical (unpaired) electrons. The van der Waals surface area contributed by atoms with E-state index in [1.165, 1.54) is 186 Å². The Morgan fingerprint density at radius 3 is 0.973 bits per heavy atom. The van der Waals surface area contributed by atoms with Crippen LogP contribution in [0.25, 0.3) is 11.1 Å². The molecule has 0 aromatic heterocycles. The average molecular weight is 1290 g/mol. The van der Waals surface area contributed by atoms with Crippen molar-refractivity contribution in [2.75, 3.05) is 13.1 Å². The molecule has 1 aliphatic carbocycles. The highest BCUT2D eigenvalue weighted by atomic mass is 79.9. The second-order valence-electron chi connectivity index (χ2n) is 22.1. The molecule has 0 bridgehead atoms. The standard InChI is InChI=1S/C62H104Br4N2O6/c1-5-9-13-17-21-25-27-31-35-38-42-49(41-37-33-29-23-19-15-11-7-3)47-67-57(69)55-51-45-53(63)54(64)46-52(51)56(58(70)71)62(66,60(73)74)61(55,65)59(72)68-48-50(43-39-34-30-24-20-16-12-8-4)44-40-36-32-28-26-22-18-14-10-6-2/h45-46,49-50H,5-44,47-48H2,1-4H3,(H,67,69)(H,68,72)(H,70,71)(H,73,74). The van der Waals surface area contributed by atoms with Gasteiger partial charge in [-0.05, 0) is 91.9 Å². The van der Waals surface area contributed by atoms with Crippen LogP contribution < -0.4 is 21.1 Å². The zero-order valence-corrected chi connectivity index (χ0v) is 53.4. The summed E-state index contributed by atoms with van der Waals surface area (Å²) < 4.78 is -3.90. The molecule has 4 atom stereocenters. The lowest BCUT2D eigenvalue weighted by atomic mass is 9.73. The molecule has 8 nitrogen and oxygen atoms in total. The summed E-state index contributed by atoms with van der Waals surface area (Å²) >= 11 is 14.2. The van der Waals surface area contributed by atoms with Crippen LogP contribution in [0.15, 0.2) is 21.1 Å². The summed E-state index contributed by atoms with van der Waals surface area (Å²) in [5, 5.41) is 28.8. The highest BCUT2D eigenvalue weighted by Crippen LogP contribution is 2.51. The van der Waals surface area contributed by atoms with Crippen molar-refractivity contribution in [2.45, 2.75) is 293 Å². The van der Waals surface area contributed by atoms with Gasteiger partial charge in [0.15, 0.2) is 8.65 Å². The van der Waals surface area contributed by atoms with Crippen molar-refractivity contribution in [2.24, 2.45) is 11.8 Å². The number of halogens is 4. The number of unbranched alkanes of at least 4 members (excludes halogenated alkanes) is 32. The van der Waals surface area contributed by atoms with E-state index in [1.807, 2.05) is 0 Å². The minimum atomic E-state index is -2.57. The van der Waals surface area contributed by atoms with Crippen molar-refractivity contribution in [1.82, 2.24) is 10.6 Å². The van der Waals surface area contributed by atoms with E-state index in [9.17, 15) is 19.8 Å². The van der Waals surface area contributed by atoms with Gasteiger partial charge < -0.3 is 20.8 Å². The third-order valence-electron chi connectivity index (χ3n) is 15.8. The molecule has 0 saturated heterocycles. The van der Waals surface area contributed by atoms with Crippen LogP contribution in [0.2, 0.25) is 0 Å². The van der Waals surface area contributed by atoms with Crippen molar-refractivity contribution in [3.05, 3.63) is 31.5 Å². The fraction of sp³-hybridized carbons (Fsp3) is 0.806. The average Bonchev–Trinajstić information content (AvgIpc) is 3.37. The molecule has 2 amide bonds. The van der Waals surface area contributed by atoms with E-state index in [1.54, 1.807) is 6.07 Å². The molecule has 12 heteroatoms. The Bertz CT molecular complexity index is 1860. The van der Waals surface area contributed by atoms with Crippen LogP contribution >= 0.6 is 63.7 Å². The Kier molecular flexibility index (Phi) is 38.9. The van der Waals surface area contributed by atoms with Gasteiger partial charge >= 0.3 is 11.9 Å². The van der Waals surface area contributed by atoms with Crippen LogP contribution in [-0.2, 0) is 19.2 Å². The van der Waals surface area contributed by atoms with Crippen molar-refractivity contribution in [3.63, 3.8) is 0 Å². The largest absolute Gasteiger partial charge is 0.480 e. The number of carboxylic acids is 2. The summed E-state index contributed by atoms with van der Waals surface area (Å²) in [6, 6.07) is 3.16. The number of carboxylic acid groups (broad SMARTS) is 2. The normalized spacial score (nSPS) is 17.3. The van der Waals surface area contributed by atoms with E-state index in [0.717, 1.165) is 77.0 Å². The lowest BCUT2D eigenvalue weighted by Gasteiger charge is -2.42. The number of carbonyl (C=O) groups excluding carboxylic acids is 2. The molecule has 0 spiro atoms. The monoisotopic (exact) mass is 1290 g/mol. The fourth-order valence-corrected chi connectivity index (χ4v) is 13.4. The molecular formula is C62H104Br4N2O6. The van der Waals surface area contributed by atoms with Crippen molar-refractivity contribution in [1.29, 1.82) is 0 Å². The zero-order chi connectivity index (χ0) is 54.5. The van der Waals surface area contributed by atoms with E-state index in [2.05, 4.69) is 102 Å². The van der Waals surface area contributed by atoms with Gasteiger partial charge in [0.05, 0.1) is 11.1 Å². The highest BCUT2D eigenvalue weighted by Gasteiger charge is 2.67. The first-order chi connectivity index (χ1) is 35.8. The Hall–Kier alpha value is -1.24. The Morgan fingerprint density at radius 2 is 0.689 bits per heavy atom. The number of aliphatic carboxylic acids is 2. The van der Waals surface area contributed by atoms with Crippen molar-refractivity contribution in [3.8, 4) is 0 Å². The molecule has 4 N–H and O–H groups in total. The lowest BCUT2D eigenvalue weighted by Crippen LogP contribution is -2.68. The van der Waals surface area contributed by atoms with Crippen LogP contribution in [0, 0.1) is 11.8 Å². The number of rotatable bonds is 48. The third kappa shape index (κ3) is 24.8. The van der Waals surface area contributed by atoms with Gasteiger partial charge in [-0.1, -0.05) is 291 Å². The first-order valence-corrected chi connectivity index (χ1v) is 33.6. The molecule has 0 heterocycles. The van der Waals surface area contributed by atoms with Gasteiger partial charge in [-0.2, -0.15) is 0 Å². The van der Waals surface area contributed by atoms with Crippen molar-refractivity contribution >= 4 is 98.6 Å². The molecule has 1 aromatic rings. The predicted octanol–water partition coefficient (Wildman–Crippen LogP) is 18.1. The van der Waals surface area contributed by atoms with Crippen LogP contribution in [0.4, 0.5) is 0 Å². The van der Waals surface area contributed by atoms with Gasteiger partial charge in [0.1, 0.15) is 0 Å². The van der Waals surface area contributed by atoms with E-state index < -0.39 is 38.0 Å². The maximum atomic E-state index is 15.3. The van der Waals surface area contributed by atoms with Gasteiger partial charge in [0.2, 0.25) is 11.8 Å². The molecule has 0 aliphatic heterocycles. The first kappa shape index (κ1) is 68.9. The number of benzene rings is 1. The summed E-state index contributed by atoms with van der Waals surface area (Å²) in [5.41, 5.74) is -0.660. The Morgan fingerprint density at radius 1 is 0.419 bits per heavy atom. The maximum absolute atomic E-state index is 15.3. The van der Waals surface area contributed by atoms with E-state index >= 15 is 9.59 Å². The van der Waals surface area contributed by atoms with Crippen LogP contribution in [0.5, 0.6) is 0 Å². The van der Waals surface area contributed by atoms with Gasteiger partial charge in [0, 0.05) is 22.0 Å². The smallest absolute Gasteiger partial charge is 0.334 e. The molecular weight excluding hydrogens is 1190 g/mol. The second kappa shape index (κ2) is 41.8. The molecule has 1 aliphatic rings. The molecule has 4 unspecified atom stereocenters. The van der Waals surface area contributed by atoms with Gasteiger partial charge in [-0.15, -0.1) is 0 Å². The van der Waals surface area contributed by atoms with Crippen LogP contribution in [0.1, 0.15) is 285 Å². The number of amides is 2. The van der Waals surface area contributed by atoms with Gasteiger partial charge in [-0.25, -0.2) is 4.79 Å². The number of hydrogen-bond acceptors (Lipinski definition) is 4. The zero-order valence-electron chi connectivity index (χ0n) is 47.0. The van der Waals surface area contributed by atoms with E-state index in [4.69, 9.17) is 0 Å². The Balaban J connectivity index is 2.47. The number of hydrogen-bond donors (Lipinski definition) is 4. The summed E-state index contributed by atoms with van der Waals surface area (Å²) in [6.45, 7) is 9.64. The molecule has 426 valence electrons.